The van der Waals surface area contributed by atoms with E-state index in [0.717, 1.165) is 0 Å². The Labute approximate surface area is 82.5 Å². The second-order valence-corrected chi connectivity index (χ2v) is 3.38. The van der Waals surface area contributed by atoms with Gasteiger partial charge in [-0.2, -0.15) is 0 Å². The maximum atomic E-state index is 11.6. The first-order chi connectivity index (χ1) is 6.50. The third-order valence-electron chi connectivity index (χ3n) is 1.82. The summed E-state index contributed by atoms with van der Waals surface area (Å²) in [5.41, 5.74) is 6.43. The number of hydrogen-bond donors (Lipinski definition) is 3. The van der Waals surface area contributed by atoms with Crippen molar-refractivity contribution in [2.24, 2.45) is 0 Å². The van der Waals surface area contributed by atoms with Crippen molar-refractivity contribution in [1.29, 1.82) is 0 Å². The summed E-state index contributed by atoms with van der Waals surface area (Å²) in [5.74, 6) is -0.178. The van der Waals surface area contributed by atoms with Crippen molar-refractivity contribution in [2.75, 3.05) is 19.3 Å². The van der Waals surface area contributed by atoms with Crippen LogP contribution in [0.15, 0.2) is 12.3 Å². The number of amides is 1. The standard InChI is InChI=1S/C9H15N3O2/c1-6(13)5-12(2)9(14)8-3-7(10)4-11-8/h3-4,6,11,13H,5,10H2,1-2H3. The number of aromatic amines is 1. The number of carbonyl (C=O) groups excluding carboxylic acids is 1. The first kappa shape index (κ1) is 10.6. The van der Waals surface area contributed by atoms with E-state index < -0.39 is 6.10 Å². The molecule has 78 valence electrons. The van der Waals surface area contributed by atoms with E-state index in [1.165, 1.54) is 4.90 Å². The lowest BCUT2D eigenvalue weighted by molar-refractivity contribution is 0.0699. The van der Waals surface area contributed by atoms with Gasteiger partial charge in [0.05, 0.1) is 6.10 Å². The molecule has 14 heavy (non-hydrogen) atoms. The second-order valence-electron chi connectivity index (χ2n) is 3.38. The zero-order chi connectivity index (χ0) is 10.7. The lowest BCUT2D eigenvalue weighted by Gasteiger charge is -2.17. The van der Waals surface area contributed by atoms with Crippen molar-refractivity contribution >= 4 is 11.6 Å². The Kier molecular flexibility index (Phi) is 3.14. The van der Waals surface area contributed by atoms with Crippen LogP contribution in [0.25, 0.3) is 0 Å². The van der Waals surface area contributed by atoms with Gasteiger partial charge in [-0.05, 0) is 13.0 Å². The smallest absolute Gasteiger partial charge is 0.270 e. The van der Waals surface area contributed by atoms with Gasteiger partial charge in [0.2, 0.25) is 0 Å². The summed E-state index contributed by atoms with van der Waals surface area (Å²) < 4.78 is 0. The summed E-state index contributed by atoms with van der Waals surface area (Å²) in [5, 5.41) is 9.09. The fourth-order valence-corrected chi connectivity index (χ4v) is 1.22. The summed E-state index contributed by atoms with van der Waals surface area (Å²) in [6.45, 7) is 1.94. The molecular weight excluding hydrogens is 182 g/mol. The summed E-state index contributed by atoms with van der Waals surface area (Å²) in [6.07, 6.45) is 1.03. The number of nitrogens with zero attached hydrogens (tertiary/aromatic N) is 1. The van der Waals surface area contributed by atoms with Gasteiger partial charge in [-0.3, -0.25) is 4.79 Å². The van der Waals surface area contributed by atoms with Crippen LogP contribution < -0.4 is 5.73 Å². The van der Waals surface area contributed by atoms with Crippen molar-refractivity contribution in [3.05, 3.63) is 18.0 Å². The highest BCUT2D eigenvalue weighted by atomic mass is 16.3. The molecule has 5 heteroatoms. The van der Waals surface area contributed by atoms with E-state index in [9.17, 15) is 4.79 Å². The van der Waals surface area contributed by atoms with Gasteiger partial charge in [-0.15, -0.1) is 0 Å². The molecule has 4 N–H and O–H groups in total. The highest BCUT2D eigenvalue weighted by Gasteiger charge is 2.14. The zero-order valence-corrected chi connectivity index (χ0v) is 8.32. The lowest BCUT2D eigenvalue weighted by Crippen LogP contribution is -2.33. The fourth-order valence-electron chi connectivity index (χ4n) is 1.22. The number of nitrogens with one attached hydrogen (secondary N) is 1. The largest absolute Gasteiger partial charge is 0.397 e. The topological polar surface area (TPSA) is 82.3 Å². The van der Waals surface area contributed by atoms with Crippen molar-refractivity contribution < 1.29 is 9.90 Å². The monoisotopic (exact) mass is 197 g/mol. The minimum absolute atomic E-state index is 0.178. The summed E-state index contributed by atoms with van der Waals surface area (Å²) in [7, 11) is 1.63. The highest BCUT2D eigenvalue weighted by molar-refractivity contribution is 5.93. The zero-order valence-electron chi connectivity index (χ0n) is 8.32. The molecule has 1 heterocycles. The molecular formula is C9H15N3O2. The molecule has 0 aliphatic rings. The van der Waals surface area contributed by atoms with E-state index in [1.807, 2.05) is 0 Å². The van der Waals surface area contributed by atoms with Gasteiger partial charge in [0.15, 0.2) is 0 Å². The molecule has 0 saturated heterocycles. The summed E-state index contributed by atoms with van der Waals surface area (Å²) in [4.78, 5) is 15.8. The summed E-state index contributed by atoms with van der Waals surface area (Å²) >= 11 is 0. The van der Waals surface area contributed by atoms with Gasteiger partial charge in [0.25, 0.3) is 5.91 Å². The van der Waals surface area contributed by atoms with E-state index >= 15 is 0 Å². The predicted octanol–water partition coefficient (Wildman–Crippen LogP) is 0.0497. The number of nitrogen functional groups attached to an aromatic ring is 1. The number of anilines is 1. The van der Waals surface area contributed by atoms with Crippen molar-refractivity contribution in [3.8, 4) is 0 Å². The molecule has 0 saturated carbocycles. The average molecular weight is 197 g/mol. The molecule has 1 aromatic heterocycles. The molecule has 0 fully saturated rings. The molecule has 0 aliphatic heterocycles. The van der Waals surface area contributed by atoms with Crippen LogP contribution in [-0.2, 0) is 0 Å². The van der Waals surface area contributed by atoms with E-state index in [1.54, 1.807) is 26.2 Å². The molecule has 1 amide bonds. The van der Waals surface area contributed by atoms with E-state index in [0.29, 0.717) is 17.9 Å². The molecule has 0 bridgehead atoms. The Hall–Kier alpha value is -1.49. The molecule has 0 aromatic carbocycles. The number of nitrogens with two attached hydrogens (primary N) is 1. The SMILES string of the molecule is CC(O)CN(C)C(=O)c1cc(N)c[nH]1. The van der Waals surface area contributed by atoms with Crippen LogP contribution in [0.4, 0.5) is 5.69 Å². The minimum atomic E-state index is -0.531. The van der Waals surface area contributed by atoms with E-state index in [4.69, 9.17) is 10.8 Å². The van der Waals surface area contributed by atoms with E-state index in [-0.39, 0.29) is 5.91 Å². The van der Waals surface area contributed by atoms with Crippen LogP contribution in [0.2, 0.25) is 0 Å². The minimum Gasteiger partial charge on any atom is -0.397 e. The Morgan fingerprint density at radius 2 is 2.43 bits per heavy atom. The average Bonchev–Trinajstić information content (AvgIpc) is 2.49. The lowest BCUT2D eigenvalue weighted by atomic mass is 10.3. The van der Waals surface area contributed by atoms with Gasteiger partial charge in [-0.1, -0.05) is 0 Å². The van der Waals surface area contributed by atoms with Crippen molar-refractivity contribution in [2.45, 2.75) is 13.0 Å². The van der Waals surface area contributed by atoms with Gasteiger partial charge >= 0.3 is 0 Å². The normalized spacial score (nSPS) is 12.5. The van der Waals surface area contributed by atoms with Gasteiger partial charge in [0.1, 0.15) is 5.69 Å². The number of rotatable bonds is 3. The van der Waals surface area contributed by atoms with Crippen LogP contribution in [-0.4, -0.2) is 40.6 Å². The van der Waals surface area contributed by atoms with Crippen LogP contribution in [0, 0.1) is 0 Å². The number of H-pyrrole nitrogens is 1. The molecule has 1 aromatic rings. The molecule has 0 spiro atoms. The Balaban J connectivity index is 2.65. The summed E-state index contributed by atoms with van der Waals surface area (Å²) in [6, 6.07) is 1.57. The van der Waals surface area contributed by atoms with Crippen molar-refractivity contribution in [1.82, 2.24) is 9.88 Å². The Morgan fingerprint density at radius 3 is 2.86 bits per heavy atom. The van der Waals surface area contributed by atoms with Crippen LogP contribution in [0.3, 0.4) is 0 Å². The number of aliphatic hydroxyl groups is 1. The molecule has 0 radical (unpaired) electrons. The highest BCUT2D eigenvalue weighted by Crippen LogP contribution is 2.07. The predicted molar refractivity (Wildman–Crippen MR) is 53.8 cm³/mol. The first-order valence-electron chi connectivity index (χ1n) is 4.38. The van der Waals surface area contributed by atoms with Gasteiger partial charge < -0.3 is 20.7 Å². The van der Waals surface area contributed by atoms with Crippen LogP contribution in [0.1, 0.15) is 17.4 Å². The Morgan fingerprint density at radius 1 is 1.79 bits per heavy atom. The quantitative estimate of drug-likeness (QED) is 0.640. The molecule has 1 unspecified atom stereocenters. The Bertz CT molecular complexity index is 320. The number of aliphatic hydroxyl groups excluding tert-OH is 1. The number of hydrogen-bond acceptors (Lipinski definition) is 3. The van der Waals surface area contributed by atoms with Crippen LogP contribution >= 0.6 is 0 Å². The molecule has 0 aliphatic carbocycles. The number of aromatic nitrogens is 1. The maximum Gasteiger partial charge on any atom is 0.270 e. The molecule has 1 rings (SSSR count). The number of carbonyl (C=O) groups is 1. The van der Waals surface area contributed by atoms with Gasteiger partial charge in [-0.25, -0.2) is 0 Å². The first-order valence-corrected chi connectivity index (χ1v) is 4.38. The fraction of sp³-hybridized carbons (Fsp3) is 0.444. The third kappa shape index (κ3) is 2.50. The maximum absolute atomic E-state index is 11.6. The third-order valence-corrected chi connectivity index (χ3v) is 1.82. The molecule has 5 nitrogen and oxygen atoms in total. The van der Waals surface area contributed by atoms with Gasteiger partial charge in [0, 0.05) is 25.5 Å². The molecule has 1 atom stereocenters. The van der Waals surface area contributed by atoms with Crippen molar-refractivity contribution in [3.63, 3.8) is 0 Å². The number of likely N-dealkylation sites (N-methyl/N-ethyl adjacent to an activating group) is 1. The van der Waals surface area contributed by atoms with Crippen LogP contribution in [0.5, 0.6) is 0 Å². The second kappa shape index (κ2) is 4.15. The van der Waals surface area contributed by atoms with E-state index in [2.05, 4.69) is 4.98 Å².